The van der Waals surface area contributed by atoms with Gasteiger partial charge in [0.15, 0.2) is 0 Å². The van der Waals surface area contributed by atoms with Gasteiger partial charge >= 0.3 is 12.2 Å². The van der Waals surface area contributed by atoms with E-state index in [4.69, 9.17) is 11.6 Å². The molecule has 1 fully saturated rings. The summed E-state index contributed by atoms with van der Waals surface area (Å²) in [6.07, 6.45) is -4.55. The number of aliphatic hydroxyl groups is 1. The molecule has 0 aromatic heterocycles. The van der Waals surface area contributed by atoms with E-state index in [9.17, 15) is 32.3 Å². The molecule has 3 atom stereocenters. The zero-order valence-electron chi connectivity index (χ0n) is 16.4. The predicted molar refractivity (Wildman–Crippen MR) is 108 cm³/mol. The number of aliphatic hydroxyl groups excluding tert-OH is 1. The van der Waals surface area contributed by atoms with Gasteiger partial charge < -0.3 is 20.6 Å². The molecule has 2 aromatic rings. The number of carbonyl (C=O) groups is 2. The number of anilines is 1. The smallest absolute Gasteiger partial charge is 0.393 e. The molecule has 170 valence electrons. The van der Waals surface area contributed by atoms with E-state index in [1.807, 2.05) is 0 Å². The molecule has 1 saturated heterocycles. The molecule has 32 heavy (non-hydrogen) atoms. The van der Waals surface area contributed by atoms with Crippen LogP contribution < -0.4 is 10.6 Å². The Bertz CT molecular complexity index is 1080. The summed E-state index contributed by atoms with van der Waals surface area (Å²) in [7, 11) is 0. The Morgan fingerprint density at radius 1 is 1.25 bits per heavy atom. The second kappa shape index (κ2) is 8.25. The van der Waals surface area contributed by atoms with Crippen molar-refractivity contribution in [3.8, 4) is 0 Å². The summed E-state index contributed by atoms with van der Waals surface area (Å²) in [5, 5.41) is 14.8. The molecule has 2 heterocycles. The lowest BCUT2D eigenvalue weighted by Crippen LogP contribution is -2.35. The van der Waals surface area contributed by atoms with Crippen LogP contribution in [0.5, 0.6) is 0 Å². The van der Waals surface area contributed by atoms with Crippen LogP contribution in [-0.2, 0) is 0 Å². The van der Waals surface area contributed by atoms with Gasteiger partial charge in [0.05, 0.1) is 12.0 Å². The topological polar surface area (TPSA) is 81.7 Å². The third-order valence-corrected chi connectivity index (χ3v) is 6.15. The number of nitrogens with zero attached hydrogens (tertiary/aromatic N) is 1. The molecule has 6 nitrogen and oxygen atoms in total. The number of amides is 3. The average molecular weight is 472 g/mol. The Morgan fingerprint density at radius 3 is 2.66 bits per heavy atom. The molecule has 2 aromatic carbocycles. The van der Waals surface area contributed by atoms with Crippen molar-refractivity contribution < 1.29 is 32.3 Å². The number of carbonyl (C=O) groups excluding carboxylic acids is 2. The van der Waals surface area contributed by atoms with Crippen LogP contribution in [0.2, 0.25) is 5.02 Å². The highest BCUT2D eigenvalue weighted by atomic mass is 35.5. The maximum absolute atomic E-state index is 13.8. The molecule has 0 radical (unpaired) electrons. The Morgan fingerprint density at radius 2 is 2.00 bits per heavy atom. The minimum Gasteiger partial charge on any atom is -0.396 e. The fourth-order valence-electron chi connectivity index (χ4n) is 4.22. The van der Waals surface area contributed by atoms with Gasteiger partial charge in [-0.05, 0) is 30.3 Å². The van der Waals surface area contributed by atoms with Gasteiger partial charge in [0.2, 0.25) is 0 Å². The largest absolute Gasteiger partial charge is 0.396 e. The molecule has 2 aliphatic heterocycles. The van der Waals surface area contributed by atoms with Crippen molar-refractivity contribution in [2.45, 2.75) is 12.2 Å². The number of halogens is 5. The number of hydrogen-bond donors (Lipinski definition) is 3. The fraction of sp³-hybridized carbons (Fsp3) is 0.333. The van der Waals surface area contributed by atoms with Gasteiger partial charge in [0, 0.05) is 53.0 Å². The van der Waals surface area contributed by atoms with E-state index in [1.54, 1.807) is 0 Å². The third kappa shape index (κ3) is 4.00. The number of likely N-dealkylation sites (tertiary alicyclic amines) is 1. The molecule has 2 aliphatic rings. The predicted octanol–water partition coefficient (Wildman–Crippen LogP) is 3.95. The average Bonchev–Trinajstić information content (AvgIpc) is 3.32. The first-order chi connectivity index (χ1) is 15.1. The van der Waals surface area contributed by atoms with Gasteiger partial charge in [-0.1, -0.05) is 17.7 Å². The lowest BCUT2D eigenvalue weighted by Gasteiger charge is -2.21. The van der Waals surface area contributed by atoms with Crippen molar-refractivity contribution in [3.63, 3.8) is 0 Å². The van der Waals surface area contributed by atoms with Gasteiger partial charge in [0.1, 0.15) is 5.82 Å². The lowest BCUT2D eigenvalue weighted by atomic mass is 9.96. The van der Waals surface area contributed by atoms with E-state index in [1.165, 1.54) is 36.4 Å². The fourth-order valence-corrected chi connectivity index (χ4v) is 4.45. The molecule has 3 unspecified atom stereocenters. The quantitative estimate of drug-likeness (QED) is 0.593. The molecule has 3 amide bonds. The van der Waals surface area contributed by atoms with Gasteiger partial charge in [-0.15, -0.1) is 0 Å². The molecule has 0 aliphatic carbocycles. The first kappa shape index (κ1) is 22.3. The van der Waals surface area contributed by atoms with Gasteiger partial charge in [-0.25, -0.2) is 9.18 Å². The number of hydrogen-bond acceptors (Lipinski definition) is 3. The number of fused-ring (bicyclic) bond motifs is 1. The van der Waals surface area contributed by atoms with Crippen LogP contribution in [0.3, 0.4) is 0 Å². The van der Waals surface area contributed by atoms with Crippen LogP contribution >= 0.6 is 11.6 Å². The van der Waals surface area contributed by atoms with E-state index < -0.39 is 55.0 Å². The summed E-state index contributed by atoms with van der Waals surface area (Å²) < 4.78 is 53.5. The van der Waals surface area contributed by atoms with Gasteiger partial charge in [-0.3, -0.25) is 4.79 Å². The number of rotatable bonds is 3. The van der Waals surface area contributed by atoms with Crippen molar-refractivity contribution in [1.29, 1.82) is 0 Å². The van der Waals surface area contributed by atoms with E-state index in [2.05, 4.69) is 10.6 Å². The summed E-state index contributed by atoms with van der Waals surface area (Å²) >= 11 is 6.20. The highest BCUT2D eigenvalue weighted by molar-refractivity contribution is 6.31. The molecule has 3 N–H and O–H groups in total. The molecule has 11 heteroatoms. The molecule has 0 saturated carbocycles. The number of alkyl halides is 3. The molecule has 0 spiro atoms. The van der Waals surface area contributed by atoms with Crippen LogP contribution in [0.15, 0.2) is 36.4 Å². The monoisotopic (exact) mass is 471 g/mol. The summed E-state index contributed by atoms with van der Waals surface area (Å²) in [6, 6.07) is 6.55. The molecule has 0 bridgehead atoms. The Hall–Kier alpha value is -2.85. The number of benzene rings is 2. The maximum Gasteiger partial charge on any atom is 0.393 e. The first-order valence-electron chi connectivity index (χ1n) is 9.72. The number of nitrogens with one attached hydrogen (secondary N) is 2. The van der Waals surface area contributed by atoms with E-state index in [0.29, 0.717) is 5.56 Å². The summed E-state index contributed by atoms with van der Waals surface area (Å²) in [4.78, 5) is 26.2. The van der Waals surface area contributed by atoms with Crippen molar-refractivity contribution >= 4 is 29.2 Å². The lowest BCUT2D eigenvalue weighted by molar-refractivity contribution is -0.182. The van der Waals surface area contributed by atoms with E-state index in [-0.39, 0.29) is 28.4 Å². The van der Waals surface area contributed by atoms with Crippen LogP contribution in [0.25, 0.3) is 0 Å². The zero-order chi connectivity index (χ0) is 23.2. The second-order valence-corrected chi connectivity index (χ2v) is 8.17. The van der Waals surface area contributed by atoms with Gasteiger partial charge in [-0.2, -0.15) is 13.2 Å². The van der Waals surface area contributed by atoms with Gasteiger partial charge in [0.25, 0.3) is 5.91 Å². The standard InChI is InChI=1S/C21H18ClF4N3O3/c22-15-5-4-11(23)6-13(15)18-17-12(19(31)28-18)2-1-3-16(17)27-20(32)29-7-10(9-30)14(8-29)21(24,25)26/h1-6,10,14,18,30H,7-9H2,(H,27,32)(H,28,31). The van der Waals surface area contributed by atoms with Crippen LogP contribution in [0.1, 0.15) is 27.5 Å². The summed E-state index contributed by atoms with van der Waals surface area (Å²) in [6.45, 7) is -1.56. The van der Waals surface area contributed by atoms with Crippen molar-refractivity contribution in [1.82, 2.24) is 10.2 Å². The normalized spacial score (nSPS) is 22.6. The van der Waals surface area contributed by atoms with E-state index in [0.717, 1.165) is 4.90 Å². The first-order valence-corrected chi connectivity index (χ1v) is 10.1. The van der Waals surface area contributed by atoms with Crippen molar-refractivity contribution in [3.05, 3.63) is 63.9 Å². The Balaban J connectivity index is 1.64. The zero-order valence-corrected chi connectivity index (χ0v) is 17.2. The van der Waals surface area contributed by atoms with Crippen LogP contribution in [-0.4, -0.2) is 47.8 Å². The van der Waals surface area contributed by atoms with Crippen LogP contribution in [0.4, 0.5) is 28.0 Å². The minimum atomic E-state index is -4.55. The van der Waals surface area contributed by atoms with E-state index >= 15 is 0 Å². The molecular weight excluding hydrogens is 454 g/mol. The SMILES string of the molecule is O=C1NC(c2cc(F)ccc2Cl)c2c(NC(=O)N3CC(CO)C(C(F)(F)F)C3)cccc21. The third-order valence-electron chi connectivity index (χ3n) is 5.81. The Kier molecular flexibility index (Phi) is 5.76. The Labute approximate surface area is 185 Å². The molecular formula is C21H18ClF4N3O3. The van der Waals surface area contributed by atoms with Crippen LogP contribution in [0, 0.1) is 17.7 Å². The van der Waals surface area contributed by atoms with Crippen molar-refractivity contribution in [2.24, 2.45) is 11.8 Å². The second-order valence-electron chi connectivity index (χ2n) is 7.77. The summed E-state index contributed by atoms with van der Waals surface area (Å²) in [5.41, 5.74) is 1.03. The highest BCUT2D eigenvalue weighted by Gasteiger charge is 2.50. The van der Waals surface area contributed by atoms with Crippen molar-refractivity contribution in [2.75, 3.05) is 25.0 Å². The highest BCUT2D eigenvalue weighted by Crippen LogP contribution is 2.40. The summed E-state index contributed by atoms with van der Waals surface area (Å²) in [5.74, 6) is -3.98. The molecule has 4 rings (SSSR count). The number of urea groups is 1. The minimum absolute atomic E-state index is 0.187. The maximum atomic E-state index is 13.8.